The van der Waals surface area contributed by atoms with Crippen LogP contribution in [0.2, 0.25) is 0 Å². The van der Waals surface area contributed by atoms with Crippen molar-refractivity contribution < 1.29 is 18.6 Å². The molecule has 1 atom stereocenters. The van der Waals surface area contributed by atoms with Gasteiger partial charge in [0.2, 0.25) is 5.88 Å². The topological polar surface area (TPSA) is 132 Å². The third-order valence-corrected chi connectivity index (χ3v) is 2.89. The van der Waals surface area contributed by atoms with Gasteiger partial charge in [0, 0.05) is 25.4 Å². The van der Waals surface area contributed by atoms with Crippen LogP contribution in [0.1, 0.15) is 12.6 Å². The molecule has 0 amide bonds. The summed E-state index contributed by atoms with van der Waals surface area (Å²) in [5.41, 5.74) is 0.331. The molecule has 2 heterocycles. The largest absolute Gasteiger partial charge is 0.415 e. The van der Waals surface area contributed by atoms with Crippen molar-refractivity contribution in [3.05, 3.63) is 18.0 Å². The Labute approximate surface area is 136 Å². The van der Waals surface area contributed by atoms with Crippen LogP contribution in [0.15, 0.2) is 12.3 Å². The van der Waals surface area contributed by atoms with E-state index in [4.69, 9.17) is 10.5 Å². The fraction of sp³-hybridized carbons (Fsp3) is 0.385. The van der Waals surface area contributed by atoms with E-state index in [0.29, 0.717) is 23.9 Å². The molecule has 0 radical (unpaired) electrons. The van der Waals surface area contributed by atoms with Crippen molar-refractivity contribution in [3.8, 4) is 5.88 Å². The van der Waals surface area contributed by atoms with Gasteiger partial charge in [-0.2, -0.15) is 8.78 Å². The van der Waals surface area contributed by atoms with Crippen LogP contribution in [0.3, 0.4) is 0 Å². The van der Waals surface area contributed by atoms with Crippen LogP contribution in [0.5, 0.6) is 5.88 Å². The van der Waals surface area contributed by atoms with E-state index < -0.39 is 6.61 Å². The van der Waals surface area contributed by atoms with Crippen molar-refractivity contribution >= 4 is 23.7 Å². The molecule has 0 bridgehead atoms. The van der Waals surface area contributed by atoms with Crippen molar-refractivity contribution in [2.24, 2.45) is 5.92 Å². The number of nitrogens with one attached hydrogen (secondary N) is 4. The monoisotopic (exact) mass is 341 g/mol. The lowest BCUT2D eigenvalue weighted by Crippen LogP contribution is -2.17. The smallest absolute Gasteiger partial charge is 0.388 e. The summed E-state index contributed by atoms with van der Waals surface area (Å²) in [5, 5.41) is 28.2. The number of nitrogens with zero attached hydrogens (tertiary/aromatic N) is 3. The number of H-pyrrole nitrogens is 1. The summed E-state index contributed by atoms with van der Waals surface area (Å²) in [4.78, 5) is 8.33. The SMILES string of the molecule is C[C@@H](CO)CNc1nc(Nc2cc(OC(F)F)n[nH]2)cnc1C=N. The first-order chi connectivity index (χ1) is 11.5. The zero-order valence-corrected chi connectivity index (χ0v) is 12.8. The highest BCUT2D eigenvalue weighted by Gasteiger charge is 2.11. The second-order valence-electron chi connectivity index (χ2n) is 4.93. The zero-order chi connectivity index (χ0) is 17.5. The van der Waals surface area contributed by atoms with E-state index in [1.54, 1.807) is 0 Å². The predicted octanol–water partition coefficient (Wildman–Crippen LogP) is 1.58. The maximum atomic E-state index is 12.1. The van der Waals surface area contributed by atoms with Gasteiger partial charge in [-0.25, -0.2) is 9.97 Å². The first-order valence-corrected chi connectivity index (χ1v) is 7.01. The normalized spacial score (nSPS) is 12.0. The Morgan fingerprint density at radius 1 is 1.50 bits per heavy atom. The van der Waals surface area contributed by atoms with Crippen molar-refractivity contribution in [2.75, 3.05) is 23.8 Å². The number of halogens is 2. The van der Waals surface area contributed by atoms with Gasteiger partial charge in [-0.05, 0) is 5.92 Å². The summed E-state index contributed by atoms with van der Waals surface area (Å²) >= 11 is 0. The number of ether oxygens (including phenoxy) is 1. The fourth-order valence-corrected chi connectivity index (χ4v) is 1.69. The molecule has 0 saturated carbocycles. The van der Waals surface area contributed by atoms with Crippen LogP contribution in [0, 0.1) is 11.3 Å². The zero-order valence-electron chi connectivity index (χ0n) is 12.8. The fourth-order valence-electron chi connectivity index (χ4n) is 1.69. The lowest BCUT2D eigenvalue weighted by Gasteiger charge is -2.12. The van der Waals surface area contributed by atoms with E-state index in [1.165, 1.54) is 12.3 Å². The minimum Gasteiger partial charge on any atom is -0.415 e. The predicted molar refractivity (Wildman–Crippen MR) is 83.2 cm³/mol. The lowest BCUT2D eigenvalue weighted by atomic mass is 10.2. The average molecular weight is 341 g/mol. The summed E-state index contributed by atoms with van der Waals surface area (Å²) in [6, 6.07) is 1.25. The molecule has 9 nitrogen and oxygen atoms in total. The average Bonchev–Trinajstić information content (AvgIpc) is 2.98. The molecular formula is C13H17F2N7O2. The molecule has 2 aromatic rings. The Morgan fingerprint density at radius 2 is 2.29 bits per heavy atom. The van der Waals surface area contributed by atoms with Crippen molar-refractivity contribution in [1.29, 1.82) is 5.41 Å². The van der Waals surface area contributed by atoms with Crippen LogP contribution in [0.4, 0.5) is 26.2 Å². The summed E-state index contributed by atoms with van der Waals surface area (Å²) < 4.78 is 28.4. The Hall–Kier alpha value is -2.82. The van der Waals surface area contributed by atoms with E-state index in [1.807, 2.05) is 6.92 Å². The molecular weight excluding hydrogens is 324 g/mol. The van der Waals surface area contributed by atoms with Crippen LogP contribution in [-0.4, -0.2) is 51.2 Å². The molecule has 11 heteroatoms. The Balaban J connectivity index is 2.09. The van der Waals surface area contributed by atoms with Crippen LogP contribution in [0.25, 0.3) is 0 Å². The van der Waals surface area contributed by atoms with Crippen LogP contribution >= 0.6 is 0 Å². The van der Waals surface area contributed by atoms with Gasteiger partial charge in [0.25, 0.3) is 0 Å². The molecule has 2 aromatic heterocycles. The number of aromatic nitrogens is 4. The third kappa shape index (κ3) is 4.84. The maximum Gasteiger partial charge on any atom is 0.388 e. The van der Waals surface area contributed by atoms with Gasteiger partial charge in [0.15, 0.2) is 11.6 Å². The first kappa shape index (κ1) is 17.5. The molecule has 0 aromatic carbocycles. The molecule has 24 heavy (non-hydrogen) atoms. The number of aliphatic hydroxyl groups is 1. The number of alkyl halides is 2. The van der Waals surface area contributed by atoms with Crippen molar-refractivity contribution in [2.45, 2.75) is 13.5 Å². The van der Waals surface area contributed by atoms with Crippen molar-refractivity contribution in [1.82, 2.24) is 20.2 Å². The highest BCUT2D eigenvalue weighted by Crippen LogP contribution is 2.20. The van der Waals surface area contributed by atoms with Crippen LogP contribution in [-0.2, 0) is 0 Å². The van der Waals surface area contributed by atoms with Gasteiger partial charge in [0.05, 0.1) is 6.20 Å². The first-order valence-electron chi connectivity index (χ1n) is 7.01. The summed E-state index contributed by atoms with van der Waals surface area (Å²) in [5.74, 6) is 0.707. The number of hydrogen-bond donors (Lipinski definition) is 5. The van der Waals surface area contributed by atoms with Gasteiger partial charge < -0.3 is 25.9 Å². The van der Waals surface area contributed by atoms with Gasteiger partial charge in [-0.1, -0.05) is 6.92 Å². The van der Waals surface area contributed by atoms with Crippen LogP contribution < -0.4 is 15.4 Å². The molecule has 0 spiro atoms. The molecule has 0 aliphatic heterocycles. The van der Waals surface area contributed by atoms with E-state index in [2.05, 4.69) is 35.5 Å². The molecule has 5 N–H and O–H groups in total. The number of aliphatic hydroxyl groups excluding tert-OH is 1. The quantitative estimate of drug-likeness (QED) is 0.437. The molecule has 0 aliphatic carbocycles. The minimum atomic E-state index is -2.96. The highest BCUT2D eigenvalue weighted by molar-refractivity contribution is 5.82. The third-order valence-electron chi connectivity index (χ3n) is 2.89. The van der Waals surface area contributed by atoms with E-state index in [9.17, 15) is 8.78 Å². The number of aromatic amines is 1. The second kappa shape index (κ2) is 8.15. The summed E-state index contributed by atoms with van der Waals surface area (Å²) in [7, 11) is 0. The Morgan fingerprint density at radius 3 is 2.96 bits per heavy atom. The Kier molecular flexibility index (Phi) is 5.95. The second-order valence-corrected chi connectivity index (χ2v) is 4.93. The molecule has 2 rings (SSSR count). The Bertz CT molecular complexity index is 680. The van der Waals surface area contributed by atoms with Gasteiger partial charge in [-0.3, -0.25) is 5.10 Å². The highest BCUT2D eigenvalue weighted by atomic mass is 19.3. The molecule has 0 aliphatic rings. The lowest BCUT2D eigenvalue weighted by molar-refractivity contribution is -0.0528. The van der Waals surface area contributed by atoms with Gasteiger partial charge >= 0.3 is 6.61 Å². The summed E-state index contributed by atoms with van der Waals surface area (Å²) in [6.45, 7) is -0.648. The maximum absolute atomic E-state index is 12.1. The number of hydrogen-bond acceptors (Lipinski definition) is 8. The standard InChI is InChI=1S/C13H17F2N7O2/c1-7(6-23)4-18-12-8(3-16)17-5-10(20-12)19-9-2-11(22-21-9)24-13(14)15/h2-3,5,7,13,16,23H,4,6H2,1H3,(H3,18,19,20,21,22)/t7-/m1/s1. The summed E-state index contributed by atoms with van der Waals surface area (Å²) in [6.07, 6.45) is 2.43. The van der Waals surface area contributed by atoms with E-state index in [0.717, 1.165) is 6.21 Å². The van der Waals surface area contributed by atoms with Crippen molar-refractivity contribution in [3.63, 3.8) is 0 Å². The molecule has 0 fully saturated rings. The molecule has 0 saturated heterocycles. The number of rotatable bonds is 9. The number of anilines is 3. The molecule has 0 unspecified atom stereocenters. The van der Waals surface area contributed by atoms with E-state index >= 15 is 0 Å². The van der Waals surface area contributed by atoms with E-state index in [-0.39, 0.29) is 24.2 Å². The van der Waals surface area contributed by atoms with Gasteiger partial charge in [0.1, 0.15) is 11.5 Å². The molecule has 130 valence electrons. The minimum absolute atomic E-state index is 0.00339. The van der Waals surface area contributed by atoms with Gasteiger partial charge in [-0.15, -0.1) is 5.10 Å².